The van der Waals surface area contributed by atoms with Crippen LogP contribution in [0.4, 0.5) is 5.82 Å². The fourth-order valence-corrected chi connectivity index (χ4v) is 3.58. The SMILES string of the molecule is O=C(NCCc1cnc[nH]1)c1cccnc1N1CCCC1c1ccncc1. The zero-order chi connectivity index (χ0) is 18.5. The summed E-state index contributed by atoms with van der Waals surface area (Å²) in [5.74, 6) is 0.647. The summed E-state index contributed by atoms with van der Waals surface area (Å²) in [7, 11) is 0. The van der Waals surface area contributed by atoms with E-state index in [2.05, 4.69) is 30.2 Å². The Morgan fingerprint density at radius 3 is 2.93 bits per heavy atom. The van der Waals surface area contributed by atoms with Crippen LogP contribution in [0.5, 0.6) is 0 Å². The molecule has 4 rings (SSSR count). The van der Waals surface area contributed by atoms with E-state index >= 15 is 0 Å². The molecule has 0 radical (unpaired) electrons. The van der Waals surface area contributed by atoms with Crippen LogP contribution in [0.25, 0.3) is 0 Å². The fourth-order valence-electron chi connectivity index (χ4n) is 3.58. The Hall–Kier alpha value is -3.22. The highest BCUT2D eigenvalue weighted by Crippen LogP contribution is 2.36. The normalized spacial score (nSPS) is 16.4. The number of carbonyl (C=O) groups excluding carboxylic acids is 1. The minimum absolute atomic E-state index is 0.0991. The number of carbonyl (C=O) groups is 1. The number of aromatic amines is 1. The molecule has 0 bridgehead atoms. The first-order valence-corrected chi connectivity index (χ1v) is 9.20. The maximum absolute atomic E-state index is 12.8. The Morgan fingerprint density at radius 1 is 1.22 bits per heavy atom. The molecule has 0 saturated carbocycles. The molecule has 7 nitrogen and oxygen atoms in total. The molecule has 4 heterocycles. The topological polar surface area (TPSA) is 86.8 Å². The summed E-state index contributed by atoms with van der Waals surface area (Å²) in [5, 5.41) is 2.99. The van der Waals surface area contributed by atoms with Crippen LogP contribution in [0.15, 0.2) is 55.4 Å². The number of amides is 1. The Labute approximate surface area is 157 Å². The van der Waals surface area contributed by atoms with Crippen LogP contribution in [-0.2, 0) is 6.42 Å². The van der Waals surface area contributed by atoms with E-state index in [0.29, 0.717) is 18.5 Å². The van der Waals surface area contributed by atoms with Gasteiger partial charge in [-0.25, -0.2) is 9.97 Å². The van der Waals surface area contributed by atoms with Gasteiger partial charge in [-0.1, -0.05) is 0 Å². The van der Waals surface area contributed by atoms with E-state index in [-0.39, 0.29) is 11.9 Å². The first-order valence-electron chi connectivity index (χ1n) is 9.20. The molecule has 7 heteroatoms. The molecule has 3 aromatic heterocycles. The van der Waals surface area contributed by atoms with E-state index in [1.807, 2.05) is 36.7 Å². The van der Waals surface area contributed by atoms with Gasteiger partial charge >= 0.3 is 0 Å². The lowest BCUT2D eigenvalue weighted by atomic mass is 10.1. The molecule has 138 valence electrons. The molecule has 0 aliphatic carbocycles. The van der Waals surface area contributed by atoms with Crippen LogP contribution in [0, 0.1) is 0 Å². The molecule has 1 saturated heterocycles. The highest BCUT2D eigenvalue weighted by atomic mass is 16.1. The standard InChI is InChI=1S/C20H22N6O/c27-20(24-11-7-16-13-22-14-25-16)17-3-1-8-23-19(17)26-12-2-4-18(26)15-5-9-21-10-6-15/h1,3,5-6,8-10,13-14,18H,2,4,7,11-12H2,(H,22,25)(H,24,27). The lowest BCUT2D eigenvalue weighted by Crippen LogP contribution is -2.30. The molecule has 3 aromatic rings. The molecule has 0 aromatic carbocycles. The van der Waals surface area contributed by atoms with Crippen LogP contribution in [-0.4, -0.2) is 38.9 Å². The van der Waals surface area contributed by atoms with Crippen molar-refractivity contribution in [1.29, 1.82) is 0 Å². The number of anilines is 1. The van der Waals surface area contributed by atoms with Crippen molar-refractivity contribution in [2.45, 2.75) is 25.3 Å². The summed E-state index contributed by atoms with van der Waals surface area (Å²) >= 11 is 0. The molecule has 1 amide bonds. The van der Waals surface area contributed by atoms with Gasteiger partial charge in [-0.15, -0.1) is 0 Å². The zero-order valence-electron chi connectivity index (χ0n) is 15.0. The van der Waals surface area contributed by atoms with Gasteiger partial charge in [-0.05, 0) is 42.7 Å². The van der Waals surface area contributed by atoms with E-state index in [1.165, 1.54) is 5.56 Å². The van der Waals surface area contributed by atoms with Crippen molar-refractivity contribution in [3.63, 3.8) is 0 Å². The summed E-state index contributed by atoms with van der Waals surface area (Å²) < 4.78 is 0. The average molecular weight is 362 g/mol. The smallest absolute Gasteiger partial charge is 0.255 e. The zero-order valence-corrected chi connectivity index (χ0v) is 15.0. The van der Waals surface area contributed by atoms with Gasteiger partial charge in [0.25, 0.3) is 5.91 Å². The van der Waals surface area contributed by atoms with Crippen molar-refractivity contribution in [1.82, 2.24) is 25.3 Å². The summed E-state index contributed by atoms with van der Waals surface area (Å²) in [5.41, 5.74) is 2.82. The number of nitrogens with zero attached hydrogens (tertiary/aromatic N) is 4. The quantitative estimate of drug-likeness (QED) is 0.704. The number of hydrogen-bond donors (Lipinski definition) is 2. The van der Waals surface area contributed by atoms with E-state index in [0.717, 1.165) is 30.9 Å². The van der Waals surface area contributed by atoms with Crippen LogP contribution in [0.1, 0.15) is 40.5 Å². The molecule has 27 heavy (non-hydrogen) atoms. The minimum Gasteiger partial charge on any atom is -0.352 e. The van der Waals surface area contributed by atoms with Crippen molar-refractivity contribution >= 4 is 11.7 Å². The molecule has 1 aliphatic heterocycles. The lowest BCUT2D eigenvalue weighted by molar-refractivity contribution is 0.0954. The van der Waals surface area contributed by atoms with E-state index in [1.54, 1.807) is 18.7 Å². The van der Waals surface area contributed by atoms with Gasteiger partial charge in [0.15, 0.2) is 0 Å². The molecule has 1 unspecified atom stereocenters. The second-order valence-corrected chi connectivity index (χ2v) is 6.59. The van der Waals surface area contributed by atoms with E-state index in [9.17, 15) is 4.79 Å². The third kappa shape index (κ3) is 3.81. The van der Waals surface area contributed by atoms with Crippen molar-refractivity contribution < 1.29 is 4.79 Å². The predicted molar refractivity (Wildman–Crippen MR) is 102 cm³/mol. The second-order valence-electron chi connectivity index (χ2n) is 6.59. The largest absolute Gasteiger partial charge is 0.352 e. The highest BCUT2D eigenvalue weighted by molar-refractivity contribution is 5.99. The summed E-state index contributed by atoms with van der Waals surface area (Å²) in [4.78, 5) is 30.7. The lowest BCUT2D eigenvalue weighted by Gasteiger charge is -2.27. The number of rotatable bonds is 6. The Kier molecular flexibility index (Phi) is 5.09. The van der Waals surface area contributed by atoms with Gasteiger partial charge in [0.05, 0.1) is 17.9 Å². The molecular weight excluding hydrogens is 340 g/mol. The Balaban J connectivity index is 1.51. The summed E-state index contributed by atoms with van der Waals surface area (Å²) in [6.45, 7) is 1.43. The number of pyridine rings is 2. The van der Waals surface area contributed by atoms with Crippen LogP contribution < -0.4 is 10.2 Å². The van der Waals surface area contributed by atoms with E-state index in [4.69, 9.17) is 0 Å². The highest BCUT2D eigenvalue weighted by Gasteiger charge is 2.29. The predicted octanol–water partition coefficient (Wildman–Crippen LogP) is 2.51. The Morgan fingerprint density at radius 2 is 2.11 bits per heavy atom. The van der Waals surface area contributed by atoms with Crippen LogP contribution >= 0.6 is 0 Å². The van der Waals surface area contributed by atoms with Crippen molar-refractivity contribution in [2.75, 3.05) is 18.0 Å². The van der Waals surface area contributed by atoms with Gasteiger partial charge in [0.1, 0.15) is 5.82 Å². The number of H-pyrrole nitrogens is 1. The maximum Gasteiger partial charge on any atom is 0.255 e. The number of hydrogen-bond acceptors (Lipinski definition) is 5. The third-order valence-corrected chi connectivity index (χ3v) is 4.88. The molecule has 0 spiro atoms. The van der Waals surface area contributed by atoms with E-state index < -0.39 is 0 Å². The fraction of sp³-hybridized carbons (Fsp3) is 0.300. The molecule has 2 N–H and O–H groups in total. The van der Waals surface area contributed by atoms with Crippen molar-refractivity contribution in [3.8, 4) is 0 Å². The molecule has 1 atom stereocenters. The Bertz CT molecular complexity index is 881. The average Bonchev–Trinajstić information content (AvgIpc) is 3.40. The van der Waals surface area contributed by atoms with Gasteiger partial charge in [0.2, 0.25) is 0 Å². The first kappa shape index (κ1) is 17.2. The first-order chi connectivity index (χ1) is 13.3. The third-order valence-electron chi connectivity index (χ3n) is 4.88. The van der Waals surface area contributed by atoms with Gasteiger partial charge in [0, 0.05) is 50.0 Å². The monoisotopic (exact) mass is 362 g/mol. The minimum atomic E-state index is -0.0991. The maximum atomic E-state index is 12.8. The van der Waals surface area contributed by atoms with Crippen molar-refractivity contribution in [3.05, 3.63) is 72.2 Å². The molecule has 1 aliphatic rings. The van der Waals surface area contributed by atoms with Crippen molar-refractivity contribution in [2.24, 2.45) is 0 Å². The van der Waals surface area contributed by atoms with Crippen LogP contribution in [0.2, 0.25) is 0 Å². The van der Waals surface area contributed by atoms with Gasteiger partial charge in [-0.2, -0.15) is 0 Å². The number of aromatic nitrogens is 4. The summed E-state index contributed by atoms with van der Waals surface area (Å²) in [6.07, 6.45) is 11.6. The number of nitrogens with one attached hydrogen (secondary N) is 2. The van der Waals surface area contributed by atoms with Gasteiger partial charge < -0.3 is 15.2 Å². The van der Waals surface area contributed by atoms with Gasteiger partial charge in [-0.3, -0.25) is 9.78 Å². The number of imidazole rings is 1. The van der Waals surface area contributed by atoms with Crippen LogP contribution in [0.3, 0.4) is 0 Å². The summed E-state index contributed by atoms with van der Waals surface area (Å²) in [6, 6.07) is 7.95. The molecular formula is C20H22N6O. The molecule has 1 fully saturated rings. The second kappa shape index (κ2) is 7.99.